The fraction of sp³-hybridized carbons (Fsp3) is 0.714. The third-order valence-corrected chi connectivity index (χ3v) is 17.9. The van der Waals surface area contributed by atoms with E-state index in [0.29, 0.717) is 28.4 Å². The number of H-pyrrole nitrogens is 1. The SMILES string of the molecule is Cc1cc(C)c(CNC(=O)c2c(C)n([C@@H](C)C3CCN(CCN(CCC45CC6CC(CC4C6)C5)CCC45CC6CC(CC4C6)C5)CC3)c3ccccc23)c(=O)[nH]1. The smallest absolute Gasteiger partial charge is 0.254 e. The van der Waals surface area contributed by atoms with Crippen molar-refractivity contribution in [3.05, 3.63) is 68.8 Å². The summed E-state index contributed by atoms with van der Waals surface area (Å²) in [5.74, 6) is 6.81. The Morgan fingerprint density at radius 1 is 0.857 bits per heavy atom. The fourth-order valence-electron chi connectivity index (χ4n) is 15.6. The molecule has 9 aliphatic rings. The molecule has 1 aliphatic heterocycles. The van der Waals surface area contributed by atoms with E-state index in [4.69, 9.17) is 0 Å². The quantitative estimate of drug-likeness (QED) is 0.172. The molecule has 2 N–H and O–H groups in total. The van der Waals surface area contributed by atoms with Gasteiger partial charge >= 0.3 is 0 Å². The van der Waals surface area contributed by atoms with Crippen LogP contribution in [0.4, 0.5) is 0 Å². The lowest BCUT2D eigenvalue weighted by molar-refractivity contribution is 0.0950. The van der Waals surface area contributed by atoms with Crippen molar-refractivity contribution in [3.63, 3.8) is 0 Å². The minimum atomic E-state index is -0.126. The van der Waals surface area contributed by atoms with Gasteiger partial charge in [-0.15, -0.1) is 0 Å². The number of para-hydroxylation sites is 1. The maximum atomic E-state index is 13.9. The van der Waals surface area contributed by atoms with Gasteiger partial charge in [0, 0.05) is 53.5 Å². The molecule has 12 rings (SSSR count). The molecule has 56 heavy (non-hydrogen) atoms. The van der Waals surface area contributed by atoms with Crippen molar-refractivity contribution in [1.82, 2.24) is 24.7 Å². The van der Waals surface area contributed by atoms with Crippen LogP contribution in [0.25, 0.3) is 10.9 Å². The van der Waals surface area contributed by atoms with Crippen LogP contribution in [0.15, 0.2) is 35.1 Å². The average Bonchev–Trinajstić information content (AvgIpc) is 3.85. The molecule has 7 heteroatoms. The molecule has 0 spiro atoms. The number of likely N-dealkylation sites (tertiary alicyclic amines) is 1. The van der Waals surface area contributed by atoms with Crippen LogP contribution >= 0.6 is 0 Å². The molecule has 8 bridgehead atoms. The Kier molecular flexibility index (Phi) is 9.63. The van der Waals surface area contributed by atoms with E-state index in [0.717, 1.165) is 68.9 Å². The van der Waals surface area contributed by atoms with Crippen molar-refractivity contribution in [2.75, 3.05) is 39.3 Å². The summed E-state index contributed by atoms with van der Waals surface area (Å²) in [5, 5.41) is 4.10. The average molecular weight is 760 g/mol. The highest BCUT2D eigenvalue weighted by molar-refractivity contribution is 6.08. The van der Waals surface area contributed by atoms with Crippen molar-refractivity contribution >= 4 is 16.8 Å². The van der Waals surface area contributed by atoms with Gasteiger partial charge in [0.1, 0.15) is 0 Å². The first-order valence-corrected chi connectivity index (χ1v) is 23.1. The number of nitrogens with one attached hydrogen (secondary N) is 2. The normalized spacial score (nSPS) is 33.8. The number of aryl methyl sites for hydroxylation is 2. The van der Waals surface area contributed by atoms with E-state index in [-0.39, 0.29) is 18.0 Å². The zero-order valence-electron chi connectivity index (χ0n) is 35.0. The molecule has 5 atom stereocenters. The Hall–Kier alpha value is -2.90. The first-order chi connectivity index (χ1) is 27.1. The molecule has 1 saturated heterocycles. The second kappa shape index (κ2) is 14.4. The maximum Gasteiger partial charge on any atom is 0.254 e. The van der Waals surface area contributed by atoms with Gasteiger partial charge in [-0.1, -0.05) is 18.2 Å². The number of fused-ring (bicyclic) bond motifs is 1. The number of rotatable bonds is 14. The van der Waals surface area contributed by atoms with Crippen LogP contribution in [0.2, 0.25) is 0 Å². The molecule has 3 aromatic rings. The van der Waals surface area contributed by atoms with Gasteiger partial charge in [0.25, 0.3) is 11.5 Å². The molecule has 4 unspecified atom stereocenters. The van der Waals surface area contributed by atoms with Gasteiger partial charge in [0.05, 0.1) is 5.56 Å². The van der Waals surface area contributed by atoms with Gasteiger partial charge < -0.3 is 24.7 Å². The Bertz CT molecular complexity index is 1950. The summed E-state index contributed by atoms with van der Waals surface area (Å²) < 4.78 is 2.45. The van der Waals surface area contributed by atoms with Crippen LogP contribution in [0.1, 0.15) is 136 Å². The van der Waals surface area contributed by atoms with E-state index in [2.05, 4.69) is 56.7 Å². The van der Waals surface area contributed by atoms with Crippen LogP contribution in [-0.2, 0) is 6.54 Å². The highest BCUT2D eigenvalue weighted by Gasteiger charge is 2.58. The van der Waals surface area contributed by atoms with Crippen molar-refractivity contribution < 1.29 is 4.79 Å². The van der Waals surface area contributed by atoms with Crippen LogP contribution < -0.4 is 10.9 Å². The highest BCUT2D eigenvalue weighted by atomic mass is 16.2. The highest BCUT2D eigenvalue weighted by Crippen LogP contribution is 2.68. The summed E-state index contributed by atoms with van der Waals surface area (Å²) in [7, 11) is 0. The number of aromatic nitrogens is 2. The van der Waals surface area contributed by atoms with Crippen LogP contribution in [0, 0.1) is 73.0 Å². The van der Waals surface area contributed by atoms with E-state index in [1.54, 1.807) is 64.2 Å². The summed E-state index contributed by atoms with van der Waals surface area (Å²) in [6.45, 7) is 16.0. The third-order valence-electron chi connectivity index (χ3n) is 17.9. The molecule has 1 amide bonds. The van der Waals surface area contributed by atoms with Gasteiger partial charge in [0.2, 0.25) is 0 Å². The number of carbonyl (C=O) groups excluding carboxylic acids is 1. The molecule has 9 fully saturated rings. The summed E-state index contributed by atoms with van der Waals surface area (Å²) in [4.78, 5) is 35.2. The summed E-state index contributed by atoms with van der Waals surface area (Å²) >= 11 is 0. The minimum Gasteiger partial charge on any atom is -0.348 e. The standard InChI is InChI=1S/C49H69N5O2/c1-31-19-32(2)51-46(55)43(31)30-50-47(56)45-34(4)54(44-8-6-5-7-42(44)45)33(3)39-9-13-52(14-10-39)17-18-53(15-11-48-26-35-20-36(27-48)23-40(48)22-35)16-12-49-28-37-21-38(29-49)25-41(49)24-37/h5-8,19,33,35-41H,9-18,20-30H2,1-4H3,(H,50,56)(H,51,55)/t33-,35?,36?,37?,38?,40?,41?,48?,49?/m0/s1. The maximum absolute atomic E-state index is 13.9. The van der Waals surface area contributed by atoms with Gasteiger partial charge in [-0.3, -0.25) is 9.59 Å². The molecule has 7 nitrogen and oxygen atoms in total. The number of nitrogens with zero attached hydrogens (tertiary/aromatic N) is 3. The monoisotopic (exact) mass is 760 g/mol. The third kappa shape index (κ3) is 6.53. The van der Waals surface area contributed by atoms with Crippen molar-refractivity contribution in [2.45, 2.75) is 130 Å². The van der Waals surface area contributed by atoms with Gasteiger partial charge in [-0.25, -0.2) is 0 Å². The fourth-order valence-corrected chi connectivity index (χ4v) is 15.6. The van der Waals surface area contributed by atoms with Gasteiger partial charge in [0.15, 0.2) is 0 Å². The van der Waals surface area contributed by atoms with Crippen molar-refractivity contribution in [2.24, 2.45) is 52.3 Å². The van der Waals surface area contributed by atoms with Gasteiger partial charge in [-0.2, -0.15) is 0 Å². The lowest BCUT2D eigenvalue weighted by Crippen LogP contribution is -2.43. The molecule has 0 radical (unpaired) electrons. The summed E-state index contributed by atoms with van der Waals surface area (Å²) in [5.41, 5.74) is 6.53. The van der Waals surface area contributed by atoms with E-state index in [1.165, 1.54) is 65.0 Å². The molecule has 3 heterocycles. The van der Waals surface area contributed by atoms with Crippen molar-refractivity contribution in [1.29, 1.82) is 0 Å². The predicted octanol–water partition coefficient (Wildman–Crippen LogP) is 9.19. The lowest BCUT2D eigenvalue weighted by atomic mass is 9.73. The van der Waals surface area contributed by atoms with Crippen LogP contribution in [0.3, 0.4) is 0 Å². The second-order valence-corrected chi connectivity index (χ2v) is 21.0. The zero-order valence-corrected chi connectivity index (χ0v) is 35.0. The number of piperidine rings is 1. The summed E-state index contributed by atoms with van der Waals surface area (Å²) in [6, 6.07) is 10.7. The largest absolute Gasteiger partial charge is 0.348 e. The molecule has 8 saturated carbocycles. The molecule has 302 valence electrons. The zero-order chi connectivity index (χ0) is 38.3. The number of aromatic amines is 1. The van der Waals surface area contributed by atoms with Gasteiger partial charge in [-0.05, 0) is 214 Å². The van der Waals surface area contributed by atoms with E-state index in [9.17, 15) is 9.59 Å². The first kappa shape index (κ1) is 37.4. The minimum absolute atomic E-state index is 0.107. The van der Waals surface area contributed by atoms with Crippen LogP contribution in [0.5, 0.6) is 0 Å². The Labute approximate surface area is 335 Å². The Morgan fingerprint density at radius 2 is 1.45 bits per heavy atom. The number of hydrogen-bond acceptors (Lipinski definition) is 4. The summed E-state index contributed by atoms with van der Waals surface area (Å²) in [6.07, 6.45) is 20.9. The Balaban J connectivity index is 0.783. The number of benzene rings is 1. The Morgan fingerprint density at radius 3 is 2.04 bits per heavy atom. The topological polar surface area (TPSA) is 73.4 Å². The van der Waals surface area contributed by atoms with E-state index >= 15 is 0 Å². The van der Waals surface area contributed by atoms with Crippen LogP contribution in [-0.4, -0.2) is 64.5 Å². The number of pyridine rings is 1. The molecule has 1 aromatic carbocycles. The number of hydrogen-bond donors (Lipinski definition) is 2. The second-order valence-electron chi connectivity index (χ2n) is 21.0. The lowest BCUT2D eigenvalue weighted by Gasteiger charge is -2.39. The van der Waals surface area contributed by atoms with Crippen molar-refractivity contribution in [3.8, 4) is 0 Å². The molecular formula is C49H69N5O2. The number of carbonyl (C=O) groups is 1. The molecule has 2 aromatic heterocycles. The van der Waals surface area contributed by atoms with E-state index in [1.807, 2.05) is 26.0 Å². The predicted molar refractivity (Wildman–Crippen MR) is 226 cm³/mol. The number of amides is 1. The molecular weight excluding hydrogens is 691 g/mol. The first-order valence-electron chi connectivity index (χ1n) is 23.1. The molecule has 8 aliphatic carbocycles. The van der Waals surface area contributed by atoms with E-state index < -0.39 is 0 Å².